The van der Waals surface area contributed by atoms with Gasteiger partial charge in [-0.25, -0.2) is 4.39 Å². The van der Waals surface area contributed by atoms with Crippen LogP contribution in [0.5, 0.6) is 0 Å². The first-order valence-corrected chi connectivity index (χ1v) is 7.62. The number of benzene rings is 1. The Bertz CT molecular complexity index is 478. The monoisotopic (exact) mass is 327 g/mol. The zero-order chi connectivity index (χ0) is 13.0. The molecule has 18 heavy (non-hydrogen) atoms. The molecular formula is C14H15BrFNS. The average Bonchev–Trinajstić information content (AvgIpc) is 2.86. The van der Waals surface area contributed by atoms with Crippen LogP contribution in [0, 0.1) is 5.82 Å². The molecule has 0 amide bonds. The van der Waals surface area contributed by atoms with Gasteiger partial charge in [0.15, 0.2) is 0 Å². The van der Waals surface area contributed by atoms with Crippen molar-refractivity contribution < 1.29 is 4.39 Å². The van der Waals surface area contributed by atoms with Gasteiger partial charge in [-0.2, -0.15) is 0 Å². The molecule has 0 aliphatic rings. The summed E-state index contributed by atoms with van der Waals surface area (Å²) in [6.45, 7) is 2.97. The van der Waals surface area contributed by atoms with Gasteiger partial charge in [0.25, 0.3) is 0 Å². The molecule has 2 aromatic rings. The largest absolute Gasteiger partial charge is 0.305 e. The molecule has 0 spiro atoms. The lowest BCUT2D eigenvalue weighted by atomic mass is 10.0. The van der Waals surface area contributed by atoms with Gasteiger partial charge in [-0.15, -0.1) is 11.3 Å². The van der Waals surface area contributed by atoms with Crippen LogP contribution in [0.2, 0.25) is 0 Å². The molecule has 2 rings (SSSR count). The number of nitrogens with one attached hydrogen (secondary N) is 1. The Labute approximate surface area is 119 Å². The lowest BCUT2D eigenvalue weighted by Crippen LogP contribution is -2.23. The molecule has 0 radical (unpaired) electrons. The third-order valence-corrected chi connectivity index (χ3v) is 4.34. The predicted molar refractivity (Wildman–Crippen MR) is 78.6 cm³/mol. The quantitative estimate of drug-likeness (QED) is 0.836. The standard InChI is InChI=1S/C14H15BrFNS/c1-2-8-17-14(12-7-4-9-18-12)13-10(15)5-3-6-11(13)16/h3-7,9,14,17H,2,8H2,1H3. The van der Waals surface area contributed by atoms with Crippen molar-refractivity contribution in [3.05, 3.63) is 56.4 Å². The Morgan fingerprint density at radius 2 is 2.17 bits per heavy atom. The third kappa shape index (κ3) is 2.99. The van der Waals surface area contributed by atoms with Crippen LogP contribution in [0.1, 0.15) is 29.8 Å². The van der Waals surface area contributed by atoms with E-state index in [4.69, 9.17) is 0 Å². The zero-order valence-electron chi connectivity index (χ0n) is 10.1. The lowest BCUT2D eigenvalue weighted by molar-refractivity contribution is 0.549. The molecule has 1 heterocycles. The van der Waals surface area contributed by atoms with Gasteiger partial charge in [-0.05, 0) is 36.5 Å². The molecule has 0 bridgehead atoms. The molecule has 0 aliphatic carbocycles. The summed E-state index contributed by atoms with van der Waals surface area (Å²) in [5.41, 5.74) is 0.688. The highest BCUT2D eigenvalue weighted by Gasteiger charge is 2.20. The van der Waals surface area contributed by atoms with Gasteiger partial charge in [-0.1, -0.05) is 35.0 Å². The first kappa shape index (κ1) is 13.7. The van der Waals surface area contributed by atoms with Crippen LogP contribution in [-0.2, 0) is 0 Å². The maximum atomic E-state index is 14.1. The highest BCUT2D eigenvalue weighted by molar-refractivity contribution is 9.10. The number of thiophene rings is 1. The van der Waals surface area contributed by atoms with Crippen LogP contribution in [-0.4, -0.2) is 6.54 Å². The Kier molecular flexibility index (Phi) is 4.92. The molecule has 1 N–H and O–H groups in total. The zero-order valence-corrected chi connectivity index (χ0v) is 12.5. The van der Waals surface area contributed by atoms with Crippen LogP contribution in [0.3, 0.4) is 0 Å². The van der Waals surface area contributed by atoms with Crippen LogP contribution in [0.15, 0.2) is 40.2 Å². The van der Waals surface area contributed by atoms with E-state index in [0.717, 1.165) is 22.3 Å². The second-order valence-electron chi connectivity index (χ2n) is 4.04. The van der Waals surface area contributed by atoms with Gasteiger partial charge in [0.1, 0.15) is 5.82 Å². The normalized spacial score (nSPS) is 12.6. The van der Waals surface area contributed by atoms with E-state index >= 15 is 0 Å². The van der Waals surface area contributed by atoms with E-state index in [9.17, 15) is 4.39 Å². The fourth-order valence-electron chi connectivity index (χ4n) is 1.88. The summed E-state index contributed by atoms with van der Waals surface area (Å²) >= 11 is 5.09. The van der Waals surface area contributed by atoms with Crippen LogP contribution >= 0.6 is 27.3 Å². The minimum atomic E-state index is -0.175. The second kappa shape index (κ2) is 6.45. The number of hydrogen-bond donors (Lipinski definition) is 1. The van der Waals surface area contributed by atoms with E-state index in [0.29, 0.717) is 5.56 Å². The van der Waals surface area contributed by atoms with Crippen molar-refractivity contribution >= 4 is 27.3 Å². The van der Waals surface area contributed by atoms with E-state index in [1.165, 1.54) is 6.07 Å². The molecule has 0 fully saturated rings. The van der Waals surface area contributed by atoms with Crippen molar-refractivity contribution in [3.8, 4) is 0 Å². The Morgan fingerprint density at radius 3 is 2.78 bits per heavy atom. The van der Waals surface area contributed by atoms with Crippen LogP contribution in [0.25, 0.3) is 0 Å². The SMILES string of the molecule is CCCNC(c1cccs1)c1c(F)cccc1Br. The maximum Gasteiger partial charge on any atom is 0.129 e. The fraction of sp³-hybridized carbons (Fsp3) is 0.286. The summed E-state index contributed by atoms with van der Waals surface area (Å²) in [5, 5.41) is 5.43. The van der Waals surface area contributed by atoms with E-state index < -0.39 is 0 Å². The van der Waals surface area contributed by atoms with Gasteiger partial charge in [0.2, 0.25) is 0 Å². The average molecular weight is 328 g/mol. The first-order chi connectivity index (χ1) is 8.74. The van der Waals surface area contributed by atoms with E-state index in [1.807, 2.05) is 23.6 Å². The third-order valence-electron chi connectivity index (χ3n) is 2.71. The summed E-state index contributed by atoms with van der Waals surface area (Å²) in [7, 11) is 0. The fourth-order valence-corrected chi connectivity index (χ4v) is 3.26. The van der Waals surface area contributed by atoms with Gasteiger partial charge in [-0.3, -0.25) is 0 Å². The molecule has 1 atom stereocenters. The molecule has 0 saturated carbocycles. The Morgan fingerprint density at radius 1 is 1.33 bits per heavy atom. The summed E-state index contributed by atoms with van der Waals surface area (Å²) in [6, 6.07) is 9.06. The van der Waals surface area contributed by atoms with Gasteiger partial charge in [0, 0.05) is 14.9 Å². The van der Waals surface area contributed by atoms with Crippen molar-refractivity contribution in [3.63, 3.8) is 0 Å². The molecule has 4 heteroatoms. The summed E-state index contributed by atoms with van der Waals surface area (Å²) in [5.74, 6) is -0.175. The molecule has 0 saturated heterocycles. The topological polar surface area (TPSA) is 12.0 Å². The Balaban J connectivity index is 2.40. The van der Waals surface area contributed by atoms with Gasteiger partial charge >= 0.3 is 0 Å². The Hall–Kier alpha value is -0.710. The summed E-state index contributed by atoms with van der Waals surface area (Å²) < 4.78 is 14.9. The van der Waals surface area contributed by atoms with Gasteiger partial charge < -0.3 is 5.32 Å². The first-order valence-electron chi connectivity index (χ1n) is 5.94. The number of rotatable bonds is 5. The van der Waals surface area contributed by atoms with Crippen molar-refractivity contribution in [1.82, 2.24) is 5.32 Å². The maximum absolute atomic E-state index is 14.1. The van der Waals surface area contributed by atoms with Crippen molar-refractivity contribution in [2.75, 3.05) is 6.54 Å². The highest BCUT2D eigenvalue weighted by Crippen LogP contribution is 2.32. The molecule has 1 aromatic carbocycles. The van der Waals surface area contributed by atoms with Crippen LogP contribution < -0.4 is 5.32 Å². The molecular weight excluding hydrogens is 313 g/mol. The highest BCUT2D eigenvalue weighted by atomic mass is 79.9. The van der Waals surface area contributed by atoms with E-state index in [1.54, 1.807) is 17.4 Å². The molecule has 1 nitrogen and oxygen atoms in total. The minimum absolute atomic E-state index is 0.0828. The molecule has 0 aliphatic heterocycles. The van der Waals surface area contributed by atoms with Crippen molar-refractivity contribution in [2.45, 2.75) is 19.4 Å². The van der Waals surface area contributed by atoms with Gasteiger partial charge in [0.05, 0.1) is 6.04 Å². The van der Waals surface area contributed by atoms with Crippen molar-refractivity contribution in [2.24, 2.45) is 0 Å². The lowest BCUT2D eigenvalue weighted by Gasteiger charge is -2.19. The van der Waals surface area contributed by atoms with E-state index in [2.05, 4.69) is 28.2 Å². The number of hydrogen-bond acceptors (Lipinski definition) is 2. The predicted octanol–water partition coefficient (Wildman–Crippen LogP) is 4.74. The summed E-state index contributed by atoms with van der Waals surface area (Å²) in [6.07, 6.45) is 1.02. The minimum Gasteiger partial charge on any atom is -0.305 e. The molecule has 1 aromatic heterocycles. The molecule has 96 valence electrons. The van der Waals surface area contributed by atoms with E-state index in [-0.39, 0.29) is 11.9 Å². The summed E-state index contributed by atoms with van der Waals surface area (Å²) in [4.78, 5) is 1.13. The second-order valence-corrected chi connectivity index (χ2v) is 5.87. The molecule has 1 unspecified atom stereocenters. The smallest absolute Gasteiger partial charge is 0.129 e. The van der Waals surface area contributed by atoms with Crippen LogP contribution in [0.4, 0.5) is 4.39 Å². The van der Waals surface area contributed by atoms with Crippen molar-refractivity contribution in [1.29, 1.82) is 0 Å². The number of halogens is 2.